The van der Waals surface area contributed by atoms with Gasteiger partial charge in [-0.15, -0.1) is 0 Å². The third-order valence-electron chi connectivity index (χ3n) is 3.41. The Bertz CT molecular complexity index is 577. The smallest absolute Gasteiger partial charge is 0.224 e. The van der Waals surface area contributed by atoms with Crippen molar-refractivity contribution in [1.29, 1.82) is 0 Å². The van der Waals surface area contributed by atoms with Gasteiger partial charge >= 0.3 is 0 Å². The molecule has 0 aliphatic rings. The fraction of sp³-hybridized carbons (Fsp3) is 0.353. The molecule has 3 heteroatoms. The molecule has 2 aromatic rings. The fourth-order valence-corrected chi connectivity index (χ4v) is 2.72. The molecular weight excluding hydrogens is 314 g/mol. The number of nitrogens with one attached hydrogen (secondary N) is 1. The maximum atomic E-state index is 12.1. The van der Waals surface area contributed by atoms with Gasteiger partial charge in [-0.25, -0.2) is 0 Å². The fourth-order valence-electron chi connectivity index (χ4n) is 2.40. The van der Waals surface area contributed by atoms with Gasteiger partial charge in [-0.2, -0.15) is 0 Å². The summed E-state index contributed by atoms with van der Waals surface area (Å²) in [5.41, 5.74) is 1.09. The van der Waals surface area contributed by atoms with Crippen LogP contribution in [0.4, 0.5) is 0 Å². The maximum absolute atomic E-state index is 12.1. The normalized spacial score (nSPS) is 12.3. The van der Waals surface area contributed by atoms with Crippen LogP contribution in [0.5, 0.6) is 0 Å². The number of fused-ring (bicyclic) bond motifs is 1. The Morgan fingerprint density at radius 1 is 1.20 bits per heavy atom. The van der Waals surface area contributed by atoms with Crippen molar-refractivity contribution in [3.8, 4) is 0 Å². The summed E-state index contributed by atoms with van der Waals surface area (Å²) in [6.07, 6.45) is 2.53. The monoisotopic (exact) mass is 333 g/mol. The van der Waals surface area contributed by atoms with Crippen LogP contribution in [0.2, 0.25) is 0 Å². The predicted molar refractivity (Wildman–Crippen MR) is 88.3 cm³/mol. The Kier molecular flexibility index (Phi) is 5.60. The van der Waals surface area contributed by atoms with E-state index in [4.69, 9.17) is 0 Å². The standard InChI is InChI=1S/C17H20BrNO/c1-13(6-5-11-18)19-17(20)12-15-9-4-8-14-7-2-3-10-16(14)15/h2-4,7-10,13H,5-6,11-12H2,1H3,(H,19,20). The summed E-state index contributed by atoms with van der Waals surface area (Å²) in [4.78, 5) is 12.1. The van der Waals surface area contributed by atoms with E-state index >= 15 is 0 Å². The van der Waals surface area contributed by atoms with Crippen LogP contribution >= 0.6 is 15.9 Å². The Labute approximate surface area is 128 Å². The molecule has 106 valence electrons. The van der Waals surface area contributed by atoms with Crippen LogP contribution in [-0.2, 0) is 11.2 Å². The first kappa shape index (κ1) is 15.0. The molecular formula is C17H20BrNO. The highest BCUT2D eigenvalue weighted by molar-refractivity contribution is 9.09. The van der Waals surface area contributed by atoms with Gasteiger partial charge in [-0.05, 0) is 36.1 Å². The lowest BCUT2D eigenvalue weighted by atomic mass is 10.0. The van der Waals surface area contributed by atoms with Gasteiger partial charge in [0.1, 0.15) is 0 Å². The number of benzene rings is 2. The highest BCUT2D eigenvalue weighted by Crippen LogP contribution is 2.18. The quantitative estimate of drug-likeness (QED) is 0.793. The summed E-state index contributed by atoms with van der Waals surface area (Å²) in [5.74, 6) is 0.100. The molecule has 2 rings (SSSR count). The molecule has 1 N–H and O–H groups in total. The summed E-state index contributed by atoms with van der Waals surface area (Å²) >= 11 is 3.41. The number of alkyl halides is 1. The molecule has 0 heterocycles. The van der Waals surface area contributed by atoms with E-state index < -0.39 is 0 Å². The average molecular weight is 334 g/mol. The van der Waals surface area contributed by atoms with Crippen LogP contribution in [0.3, 0.4) is 0 Å². The molecule has 0 aliphatic heterocycles. The van der Waals surface area contributed by atoms with E-state index in [1.807, 2.05) is 24.3 Å². The average Bonchev–Trinajstić information content (AvgIpc) is 2.45. The molecule has 0 radical (unpaired) electrons. The molecule has 0 fully saturated rings. The number of rotatable bonds is 6. The van der Waals surface area contributed by atoms with Gasteiger partial charge in [0.15, 0.2) is 0 Å². The molecule has 1 unspecified atom stereocenters. The second kappa shape index (κ2) is 7.44. The van der Waals surface area contributed by atoms with Gasteiger partial charge in [-0.3, -0.25) is 4.79 Å². The molecule has 0 spiro atoms. The van der Waals surface area contributed by atoms with Crippen LogP contribution in [0.15, 0.2) is 42.5 Å². The van der Waals surface area contributed by atoms with Gasteiger partial charge in [0.25, 0.3) is 0 Å². The van der Waals surface area contributed by atoms with E-state index in [-0.39, 0.29) is 11.9 Å². The molecule has 20 heavy (non-hydrogen) atoms. The van der Waals surface area contributed by atoms with Crippen LogP contribution in [0.1, 0.15) is 25.3 Å². The highest BCUT2D eigenvalue weighted by atomic mass is 79.9. The van der Waals surface area contributed by atoms with Crippen molar-refractivity contribution >= 4 is 32.6 Å². The van der Waals surface area contributed by atoms with E-state index in [2.05, 4.69) is 46.4 Å². The third kappa shape index (κ3) is 4.07. The first-order valence-electron chi connectivity index (χ1n) is 7.02. The Hall–Kier alpha value is -1.35. The lowest BCUT2D eigenvalue weighted by Gasteiger charge is -2.14. The number of hydrogen-bond donors (Lipinski definition) is 1. The van der Waals surface area contributed by atoms with E-state index in [0.717, 1.165) is 23.7 Å². The molecule has 2 nitrogen and oxygen atoms in total. The van der Waals surface area contributed by atoms with Crippen LogP contribution < -0.4 is 5.32 Å². The lowest BCUT2D eigenvalue weighted by molar-refractivity contribution is -0.121. The first-order chi connectivity index (χ1) is 9.70. The molecule has 1 atom stereocenters. The minimum atomic E-state index is 0.100. The van der Waals surface area contributed by atoms with Crippen molar-refractivity contribution in [2.75, 3.05) is 5.33 Å². The van der Waals surface area contributed by atoms with Crippen molar-refractivity contribution < 1.29 is 4.79 Å². The summed E-state index contributed by atoms with van der Waals surface area (Å²) in [5, 5.41) is 6.40. The number of amides is 1. The lowest BCUT2D eigenvalue weighted by Crippen LogP contribution is -2.33. The summed E-state index contributed by atoms with van der Waals surface area (Å²) < 4.78 is 0. The van der Waals surface area contributed by atoms with Gasteiger partial charge < -0.3 is 5.32 Å². The number of carbonyl (C=O) groups is 1. The summed E-state index contributed by atoms with van der Waals surface area (Å²) in [7, 11) is 0. The topological polar surface area (TPSA) is 29.1 Å². The molecule has 0 saturated heterocycles. The van der Waals surface area contributed by atoms with Crippen molar-refractivity contribution in [3.05, 3.63) is 48.0 Å². The van der Waals surface area contributed by atoms with Crippen LogP contribution in [-0.4, -0.2) is 17.3 Å². The third-order valence-corrected chi connectivity index (χ3v) is 3.97. The van der Waals surface area contributed by atoms with Gasteiger partial charge in [0, 0.05) is 11.4 Å². The van der Waals surface area contributed by atoms with Crippen LogP contribution in [0.25, 0.3) is 10.8 Å². The Balaban J connectivity index is 2.03. The zero-order valence-electron chi connectivity index (χ0n) is 11.7. The number of carbonyl (C=O) groups excluding carboxylic acids is 1. The van der Waals surface area contributed by atoms with Crippen molar-refractivity contribution in [2.45, 2.75) is 32.2 Å². The summed E-state index contributed by atoms with van der Waals surface area (Å²) in [6.45, 7) is 2.06. The predicted octanol–water partition coefficient (Wildman–Crippen LogP) is 4.06. The van der Waals surface area contributed by atoms with Gasteiger partial charge in [0.2, 0.25) is 5.91 Å². The minimum absolute atomic E-state index is 0.100. The SMILES string of the molecule is CC(CCCBr)NC(=O)Cc1cccc2ccccc12. The Morgan fingerprint density at radius 3 is 2.75 bits per heavy atom. The molecule has 1 amide bonds. The summed E-state index contributed by atoms with van der Waals surface area (Å²) in [6, 6.07) is 14.5. The van der Waals surface area contributed by atoms with Crippen molar-refractivity contribution in [1.82, 2.24) is 5.32 Å². The van der Waals surface area contributed by atoms with Crippen molar-refractivity contribution in [3.63, 3.8) is 0 Å². The molecule has 0 aromatic heterocycles. The number of hydrogen-bond acceptors (Lipinski definition) is 1. The van der Waals surface area contributed by atoms with E-state index in [9.17, 15) is 4.79 Å². The van der Waals surface area contributed by atoms with Gasteiger partial charge in [0.05, 0.1) is 6.42 Å². The largest absolute Gasteiger partial charge is 0.353 e. The molecule has 2 aromatic carbocycles. The Morgan fingerprint density at radius 2 is 1.95 bits per heavy atom. The molecule has 0 aliphatic carbocycles. The van der Waals surface area contributed by atoms with E-state index in [0.29, 0.717) is 6.42 Å². The van der Waals surface area contributed by atoms with E-state index in [1.54, 1.807) is 0 Å². The molecule has 0 bridgehead atoms. The zero-order chi connectivity index (χ0) is 14.4. The molecule has 0 saturated carbocycles. The second-order valence-corrected chi connectivity index (χ2v) is 5.91. The highest BCUT2D eigenvalue weighted by Gasteiger charge is 2.09. The second-order valence-electron chi connectivity index (χ2n) is 5.11. The maximum Gasteiger partial charge on any atom is 0.224 e. The number of halogens is 1. The van der Waals surface area contributed by atoms with Gasteiger partial charge in [-0.1, -0.05) is 58.4 Å². The van der Waals surface area contributed by atoms with E-state index in [1.165, 1.54) is 10.8 Å². The van der Waals surface area contributed by atoms with Crippen molar-refractivity contribution in [2.24, 2.45) is 0 Å². The zero-order valence-corrected chi connectivity index (χ0v) is 13.3. The first-order valence-corrected chi connectivity index (χ1v) is 8.15. The minimum Gasteiger partial charge on any atom is -0.353 e. The van der Waals surface area contributed by atoms with Crippen LogP contribution in [0, 0.1) is 0 Å².